The summed E-state index contributed by atoms with van der Waals surface area (Å²) in [5, 5.41) is 26.5. The predicted octanol–water partition coefficient (Wildman–Crippen LogP) is 7.50. The number of carbonyl (C=O) groups excluding carboxylic acids is 1. The highest BCUT2D eigenvalue weighted by atomic mass is 32.2. The molecule has 6 aromatic heterocycles. The fourth-order valence-electron chi connectivity index (χ4n) is 9.26. The number of nitrogens with zero attached hydrogens (tertiary/aromatic N) is 11. The summed E-state index contributed by atoms with van der Waals surface area (Å²) in [5.41, 5.74) is 10.5. The van der Waals surface area contributed by atoms with Crippen molar-refractivity contribution in [3.8, 4) is 12.1 Å². The van der Waals surface area contributed by atoms with Gasteiger partial charge in [0.1, 0.15) is 51.8 Å². The van der Waals surface area contributed by atoms with E-state index in [4.69, 9.17) is 15.7 Å². The molecule has 6 aromatic rings. The minimum absolute atomic E-state index is 0.0568. The number of pyridine rings is 4. The first-order valence-electron chi connectivity index (χ1n) is 24.2. The lowest BCUT2D eigenvalue weighted by Crippen LogP contribution is -2.39. The molecule has 19 nitrogen and oxygen atoms in total. The molecule has 1 amide bonds. The summed E-state index contributed by atoms with van der Waals surface area (Å²) < 4.78 is 20.2. The van der Waals surface area contributed by atoms with Crippen LogP contribution >= 0.6 is 0 Å². The lowest BCUT2D eigenvalue weighted by Gasteiger charge is -2.29. The summed E-state index contributed by atoms with van der Waals surface area (Å²) in [6.45, 7) is 8.70. The van der Waals surface area contributed by atoms with E-state index in [1.165, 1.54) is 29.7 Å². The van der Waals surface area contributed by atoms with Crippen molar-refractivity contribution in [2.24, 2.45) is 0 Å². The number of hydrogen-bond acceptors (Lipinski definition) is 16. The number of ether oxygens (including phenoxy) is 1. The van der Waals surface area contributed by atoms with Gasteiger partial charge in [-0.25, -0.2) is 29.7 Å². The van der Waals surface area contributed by atoms with Gasteiger partial charge in [-0.2, -0.15) is 15.5 Å². The molecule has 2 saturated carbocycles. The number of aromatic nitrogens is 8. The Kier molecular flexibility index (Phi) is 15.9. The summed E-state index contributed by atoms with van der Waals surface area (Å²) in [6.07, 6.45) is 22.0. The van der Waals surface area contributed by atoms with Crippen molar-refractivity contribution < 1.29 is 13.7 Å². The highest BCUT2D eigenvalue weighted by Gasteiger charge is 2.26. The molecule has 0 saturated heterocycles. The van der Waals surface area contributed by atoms with Crippen LogP contribution in [-0.2, 0) is 15.5 Å². The van der Waals surface area contributed by atoms with Crippen molar-refractivity contribution in [1.29, 1.82) is 10.5 Å². The van der Waals surface area contributed by atoms with Crippen molar-refractivity contribution in [2.75, 3.05) is 43.5 Å². The summed E-state index contributed by atoms with van der Waals surface area (Å²) >= 11 is 0. The van der Waals surface area contributed by atoms with Gasteiger partial charge in [0.2, 0.25) is 11.1 Å². The number of nitrogen functional groups attached to an aromatic ring is 1. The Balaban J connectivity index is 0.000000150. The maximum Gasteiger partial charge on any atom is 0.410 e. The van der Waals surface area contributed by atoms with E-state index < -0.39 is 16.4 Å². The van der Waals surface area contributed by atoms with Gasteiger partial charge in [0.15, 0.2) is 0 Å². The van der Waals surface area contributed by atoms with Crippen LogP contribution in [0.2, 0.25) is 0 Å². The molecule has 1 unspecified atom stereocenters. The van der Waals surface area contributed by atoms with Gasteiger partial charge in [0, 0.05) is 73.5 Å². The summed E-state index contributed by atoms with van der Waals surface area (Å²) in [6, 6.07) is 14.9. The maximum atomic E-state index is 12.9. The number of hydrogen-bond donors (Lipinski definition) is 3. The Morgan fingerprint density at radius 3 is 1.88 bits per heavy atom. The SMILES string of the molecule is CC(C)(C)OC(=O)N1CC=C(c2ccc(N)nc2)CC1.CS(=O)c1ncc2cc(C#N)c(=O)n(C3CCCC3)c2n1.N#Cc1cc2cnc(Nc3ccc(C4=CCNCC4)cn3)nc2n(C2CCCC2)c1=O. The molecule has 2 fully saturated rings. The lowest BCUT2D eigenvalue weighted by molar-refractivity contribution is 0.0270. The van der Waals surface area contributed by atoms with E-state index in [9.17, 15) is 23.9 Å². The van der Waals surface area contributed by atoms with E-state index in [-0.39, 0.29) is 45.6 Å². The zero-order valence-corrected chi connectivity index (χ0v) is 41.7. The van der Waals surface area contributed by atoms with Crippen LogP contribution in [0.1, 0.15) is 119 Å². The molecule has 10 rings (SSSR count). The van der Waals surface area contributed by atoms with E-state index in [1.54, 1.807) is 38.6 Å². The Morgan fingerprint density at radius 1 is 0.792 bits per heavy atom. The van der Waals surface area contributed by atoms with Gasteiger partial charge in [-0.05, 0) is 125 Å². The minimum Gasteiger partial charge on any atom is -0.444 e. The first-order chi connectivity index (χ1) is 34.7. The monoisotopic (exact) mass is 990 g/mol. The van der Waals surface area contributed by atoms with E-state index >= 15 is 0 Å². The van der Waals surface area contributed by atoms with Crippen molar-refractivity contribution >= 4 is 67.7 Å². The first-order valence-corrected chi connectivity index (χ1v) is 25.8. The van der Waals surface area contributed by atoms with Crippen LogP contribution in [-0.4, -0.2) is 92.3 Å². The number of nitrogens with two attached hydrogens (primary N) is 1. The van der Waals surface area contributed by atoms with E-state index in [1.807, 2.05) is 63.4 Å². The Morgan fingerprint density at radius 2 is 1.38 bits per heavy atom. The van der Waals surface area contributed by atoms with Gasteiger partial charge in [0.05, 0.1) is 10.8 Å². The fourth-order valence-corrected chi connectivity index (χ4v) is 9.68. The zero-order valence-electron chi connectivity index (χ0n) is 40.9. The van der Waals surface area contributed by atoms with Gasteiger partial charge < -0.3 is 26.0 Å². The second kappa shape index (κ2) is 22.6. The molecule has 0 spiro atoms. The predicted molar refractivity (Wildman–Crippen MR) is 276 cm³/mol. The average molecular weight is 991 g/mol. The average Bonchev–Trinajstić information content (AvgIpc) is 4.13. The number of anilines is 3. The van der Waals surface area contributed by atoms with E-state index in [2.05, 4.69) is 46.6 Å². The summed E-state index contributed by atoms with van der Waals surface area (Å²) in [4.78, 5) is 65.0. The molecule has 4 aliphatic rings. The van der Waals surface area contributed by atoms with Crippen molar-refractivity contribution in [3.05, 3.63) is 116 Å². The second-order valence-electron chi connectivity index (χ2n) is 19.0. The van der Waals surface area contributed by atoms with Crippen LogP contribution in [0, 0.1) is 22.7 Å². The molecule has 4 N–H and O–H groups in total. The molecule has 0 bridgehead atoms. The third kappa shape index (κ3) is 12.1. The largest absolute Gasteiger partial charge is 0.444 e. The minimum atomic E-state index is -1.31. The third-order valence-corrected chi connectivity index (χ3v) is 13.6. The maximum absolute atomic E-state index is 12.9. The molecule has 0 radical (unpaired) electrons. The topological polar surface area (TPSA) is 266 Å². The highest BCUT2D eigenvalue weighted by Crippen LogP contribution is 2.32. The van der Waals surface area contributed by atoms with Crippen LogP contribution in [0.5, 0.6) is 0 Å². The number of amides is 1. The standard InChI is InChI=1S/C23H23N7O.C15H21N3O2.C14H14N4O2S/c24-12-17-11-18-14-27-23(29-21(18)30(22(17)31)19-3-1-2-4-19)28-20-6-5-16(13-26-20)15-7-9-25-10-8-15;1-15(2,3)20-14(19)18-8-6-11(7-9-18)12-4-5-13(16)17-10-12;1-21(20)14-16-8-10-6-9(7-15)13(19)18(12(10)17-14)11-4-2-3-5-11/h5-7,11,13-14,19,25H,1-4,8-10H2,(H,26,27,28,29);4-6,10H,7-9H2,1-3H3,(H2,16,17);6,8,11H,2-5H2,1H3. The van der Waals surface area contributed by atoms with Crippen molar-refractivity contribution in [2.45, 2.75) is 108 Å². The van der Waals surface area contributed by atoms with Crippen LogP contribution in [0.15, 0.2) is 88.1 Å². The molecule has 372 valence electrons. The molecule has 1 atom stereocenters. The van der Waals surface area contributed by atoms with E-state index in [0.29, 0.717) is 52.7 Å². The molecule has 0 aromatic carbocycles. The molecule has 72 heavy (non-hydrogen) atoms. The number of fused-ring (bicyclic) bond motifs is 2. The molecule has 2 aliphatic heterocycles. The molecule has 2 aliphatic carbocycles. The molecular formula is C52H58N14O5S. The number of nitriles is 2. The molecule has 20 heteroatoms. The number of nitrogens with one attached hydrogen (secondary N) is 2. The fraction of sp³-hybridized carbons (Fsp3) is 0.404. The third-order valence-electron chi connectivity index (χ3n) is 12.9. The van der Waals surface area contributed by atoms with Gasteiger partial charge >= 0.3 is 6.09 Å². The highest BCUT2D eigenvalue weighted by molar-refractivity contribution is 7.84. The van der Waals surface area contributed by atoms with Crippen LogP contribution in [0.4, 0.5) is 22.4 Å². The van der Waals surface area contributed by atoms with Gasteiger partial charge in [0.25, 0.3) is 11.1 Å². The van der Waals surface area contributed by atoms with E-state index in [0.717, 1.165) is 88.4 Å². The van der Waals surface area contributed by atoms with Gasteiger partial charge in [-0.15, -0.1) is 0 Å². The molecular weight excluding hydrogens is 933 g/mol. The summed E-state index contributed by atoms with van der Waals surface area (Å²) in [5.74, 6) is 1.53. The van der Waals surface area contributed by atoms with Crippen LogP contribution in [0.3, 0.4) is 0 Å². The van der Waals surface area contributed by atoms with Gasteiger partial charge in [-0.3, -0.25) is 22.9 Å². The van der Waals surface area contributed by atoms with Crippen molar-refractivity contribution in [3.63, 3.8) is 0 Å². The molecule has 8 heterocycles. The normalized spacial score (nSPS) is 16.6. The number of rotatable bonds is 7. The van der Waals surface area contributed by atoms with Crippen LogP contribution in [0.25, 0.3) is 33.2 Å². The Bertz CT molecular complexity index is 3260. The summed E-state index contributed by atoms with van der Waals surface area (Å²) in [7, 11) is -1.31. The number of carbonyl (C=O) groups is 1. The quantitative estimate of drug-likeness (QED) is 0.131. The smallest absolute Gasteiger partial charge is 0.410 e. The Hall–Kier alpha value is -7.68. The Labute approximate surface area is 419 Å². The zero-order chi connectivity index (χ0) is 50.9. The van der Waals surface area contributed by atoms with Gasteiger partial charge in [-0.1, -0.05) is 37.8 Å². The first kappa shape index (κ1) is 50.7. The van der Waals surface area contributed by atoms with Crippen molar-refractivity contribution in [1.82, 2.24) is 49.3 Å². The second-order valence-corrected chi connectivity index (χ2v) is 20.3. The lowest BCUT2D eigenvalue weighted by atomic mass is 10.0. The van der Waals surface area contributed by atoms with Crippen LogP contribution < -0.4 is 27.5 Å².